The molecule has 24 heavy (non-hydrogen) atoms. The van der Waals surface area contributed by atoms with Crippen molar-refractivity contribution in [3.63, 3.8) is 0 Å². The van der Waals surface area contributed by atoms with E-state index in [0.29, 0.717) is 16.7 Å². The number of hydrogen-bond acceptors (Lipinski definition) is 6. The van der Waals surface area contributed by atoms with E-state index >= 15 is 0 Å². The minimum Gasteiger partial charge on any atom is -0.335 e. The van der Waals surface area contributed by atoms with Crippen molar-refractivity contribution in [3.8, 4) is 10.7 Å². The Morgan fingerprint density at radius 3 is 2.92 bits per heavy atom. The first-order valence-corrected chi connectivity index (χ1v) is 8.78. The van der Waals surface area contributed by atoms with Crippen LogP contribution >= 0.6 is 23.1 Å². The molecule has 1 aromatic carbocycles. The van der Waals surface area contributed by atoms with Crippen molar-refractivity contribution in [2.75, 3.05) is 11.2 Å². The third-order valence-electron chi connectivity index (χ3n) is 3.15. The van der Waals surface area contributed by atoms with E-state index in [0.717, 1.165) is 4.88 Å². The quantitative estimate of drug-likeness (QED) is 0.538. The molecule has 0 radical (unpaired) electrons. The van der Waals surface area contributed by atoms with Crippen molar-refractivity contribution in [1.29, 1.82) is 0 Å². The lowest BCUT2D eigenvalue weighted by Gasteiger charge is -2.11. The van der Waals surface area contributed by atoms with E-state index in [1.54, 1.807) is 13.0 Å². The molecule has 3 N–H and O–H groups in total. The number of thiophene rings is 1. The Labute approximate surface area is 145 Å². The van der Waals surface area contributed by atoms with Crippen molar-refractivity contribution in [2.45, 2.75) is 17.3 Å². The molecule has 0 aliphatic carbocycles. The Balaban J connectivity index is 1.68. The topological polar surface area (TPSA) is 85.8 Å². The van der Waals surface area contributed by atoms with E-state index in [9.17, 15) is 9.18 Å². The summed E-state index contributed by atoms with van der Waals surface area (Å²) in [6, 6.07) is 9.53. The van der Waals surface area contributed by atoms with Crippen LogP contribution in [-0.4, -0.2) is 26.0 Å². The zero-order valence-corrected chi connectivity index (χ0v) is 14.3. The van der Waals surface area contributed by atoms with Gasteiger partial charge >= 0.3 is 0 Å². The molecule has 0 bridgehead atoms. The fraction of sp³-hybridized carbons (Fsp3) is 0.133. The summed E-state index contributed by atoms with van der Waals surface area (Å²) in [5.74, 6) is 5.88. The largest absolute Gasteiger partial charge is 0.335 e. The molecule has 0 fully saturated rings. The molecular weight excluding hydrogens is 349 g/mol. The van der Waals surface area contributed by atoms with Gasteiger partial charge in [0.1, 0.15) is 5.82 Å². The highest BCUT2D eigenvalue weighted by molar-refractivity contribution is 8.00. The standard InChI is InChI=1S/C15H14FN5OS2/c1-9(14(22)18-11-5-2-4-10(16)8-11)24-15-20-19-13(21(15)17)12-6-3-7-23-12/h2-9H,17H2,1H3,(H,18,22). The molecule has 9 heteroatoms. The molecule has 3 aromatic rings. The van der Waals surface area contributed by atoms with Crippen molar-refractivity contribution < 1.29 is 9.18 Å². The van der Waals surface area contributed by atoms with Gasteiger partial charge < -0.3 is 11.2 Å². The van der Waals surface area contributed by atoms with Gasteiger partial charge in [-0.05, 0) is 36.6 Å². The van der Waals surface area contributed by atoms with E-state index in [1.807, 2.05) is 17.5 Å². The Morgan fingerprint density at radius 2 is 2.21 bits per heavy atom. The maximum Gasteiger partial charge on any atom is 0.237 e. The predicted molar refractivity (Wildman–Crippen MR) is 93.8 cm³/mol. The number of aromatic nitrogens is 3. The number of hydrogen-bond donors (Lipinski definition) is 2. The van der Waals surface area contributed by atoms with Gasteiger partial charge in [-0.1, -0.05) is 23.9 Å². The number of halogens is 1. The molecule has 6 nitrogen and oxygen atoms in total. The van der Waals surface area contributed by atoms with E-state index in [1.165, 1.54) is 46.0 Å². The maximum absolute atomic E-state index is 13.2. The molecule has 0 saturated heterocycles. The van der Waals surface area contributed by atoms with Crippen LogP contribution < -0.4 is 11.2 Å². The van der Waals surface area contributed by atoms with Crippen LogP contribution in [0.15, 0.2) is 46.9 Å². The van der Waals surface area contributed by atoms with Gasteiger partial charge in [0.25, 0.3) is 0 Å². The van der Waals surface area contributed by atoms with Crippen LogP contribution in [-0.2, 0) is 4.79 Å². The van der Waals surface area contributed by atoms with Gasteiger partial charge in [-0.2, -0.15) is 0 Å². The minimum atomic E-state index is -0.476. The molecule has 2 heterocycles. The summed E-state index contributed by atoms with van der Waals surface area (Å²) in [5.41, 5.74) is 0.404. The number of rotatable bonds is 5. The third-order valence-corrected chi connectivity index (χ3v) is 5.07. The molecule has 0 saturated carbocycles. The third kappa shape index (κ3) is 3.57. The molecule has 124 valence electrons. The van der Waals surface area contributed by atoms with Crippen molar-refractivity contribution >= 4 is 34.7 Å². The van der Waals surface area contributed by atoms with Crippen LogP contribution in [0.4, 0.5) is 10.1 Å². The highest BCUT2D eigenvalue weighted by Crippen LogP contribution is 2.27. The lowest BCUT2D eigenvalue weighted by Crippen LogP contribution is -2.23. The molecule has 1 amide bonds. The monoisotopic (exact) mass is 363 g/mol. The summed E-state index contributed by atoms with van der Waals surface area (Å²) in [6.45, 7) is 1.72. The van der Waals surface area contributed by atoms with Crippen LogP contribution in [0.2, 0.25) is 0 Å². The first-order valence-electron chi connectivity index (χ1n) is 7.02. The Morgan fingerprint density at radius 1 is 1.38 bits per heavy atom. The number of benzene rings is 1. The first-order chi connectivity index (χ1) is 11.5. The number of thioether (sulfide) groups is 1. The van der Waals surface area contributed by atoms with Gasteiger partial charge in [-0.25, -0.2) is 9.07 Å². The lowest BCUT2D eigenvalue weighted by molar-refractivity contribution is -0.115. The van der Waals surface area contributed by atoms with Gasteiger partial charge in [-0.3, -0.25) is 4.79 Å². The van der Waals surface area contributed by atoms with E-state index < -0.39 is 11.1 Å². The van der Waals surface area contributed by atoms with Crippen LogP contribution in [0, 0.1) is 5.82 Å². The van der Waals surface area contributed by atoms with Crippen molar-refractivity contribution in [3.05, 3.63) is 47.6 Å². The predicted octanol–water partition coefficient (Wildman–Crippen LogP) is 2.98. The summed E-state index contributed by atoms with van der Waals surface area (Å²) >= 11 is 2.69. The molecule has 0 spiro atoms. The van der Waals surface area contributed by atoms with E-state index in [4.69, 9.17) is 5.84 Å². The average molecular weight is 363 g/mol. The Kier molecular flexibility index (Phi) is 4.81. The maximum atomic E-state index is 13.2. The van der Waals surface area contributed by atoms with Gasteiger partial charge in [0.15, 0.2) is 5.82 Å². The second-order valence-electron chi connectivity index (χ2n) is 4.91. The van der Waals surface area contributed by atoms with Crippen molar-refractivity contribution in [2.24, 2.45) is 0 Å². The second-order valence-corrected chi connectivity index (χ2v) is 7.17. The number of amides is 1. The molecule has 0 aliphatic rings. The number of carbonyl (C=O) groups excluding carboxylic acids is 1. The summed E-state index contributed by atoms with van der Waals surface area (Å²) in [7, 11) is 0. The van der Waals surface area contributed by atoms with Crippen molar-refractivity contribution in [1.82, 2.24) is 14.9 Å². The Bertz CT molecular complexity index is 849. The van der Waals surface area contributed by atoms with Crippen LogP contribution in [0.5, 0.6) is 0 Å². The number of nitrogens with zero attached hydrogens (tertiary/aromatic N) is 3. The number of anilines is 1. The summed E-state index contributed by atoms with van der Waals surface area (Å²) < 4.78 is 14.5. The van der Waals surface area contributed by atoms with E-state index in [2.05, 4.69) is 15.5 Å². The zero-order chi connectivity index (χ0) is 17.1. The highest BCUT2D eigenvalue weighted by atomic mass is 32.2. The molecule has 0 aliphatic heterocycles. The number of nitrogens with one attached hydrogen (secondary N) is 1. The van der Waals surface area contributed by atoms with Gasteiger partial charge in [0, 0.05) is 5.69 Å². The first kappa shape index (κ1) is 16.5. The molecule has 2 aromatic heterocycles. The summed E-state index contributed by atoms with van der Waals surface area (Å²) in [6.07, 6.45) is 0. The molecule has 1 atom stereocenters. The van der Waals surface area contributed by atoms with Crippen LogP contribution in [0.25, 0.3) is 10.7 Å². The van der Waals surface area contributed by atoms with Crippen LogP contribution in [0.1, 0.15) is 6.92 Å². The SMILES string of the molecule is CC(Sc1nnc(-c2cccs2)n1N)C(=O)Nc1cccc(F)c1. The smallest absolute Gasteiger partial charge is 0.237 e. The summed E-state index contributed by atoms with van der Waals surface area (Å²) in [5, 5.41) is 12.6. The second kappa shape index (κ2) is 7.02. The lowest BCUT2D eigenvalue weighted by atomic mass is 10.3. The number of nitrogen functional groups attached to an aromatic ring is 1. The highest BCUT2D eigenvalue weighted by Gasteiger charge is 2.20. The fourth-order valence-corrected chi connectivity index (χ4v) is 3.43. The van der Waals surface area contributed by atoms with Gasteiger partial charge in [-0.15, -0.1) is 21.5 Å². The fourth-order valence-electron chi connectivity index (χ4n) is 1.95. The van der Waals surface area contributed by atoms with E-state index in [-0.39, 0.29) is 5.91 Å². The van der Waals surface area contributed by atoms with Crippen LogP contribution in [0.3, 0.4) is 0 Å². The Hall–Kier alpha value is -2.39. The molecule has 1 unspecified atom stereocenters. The molecular formula is C15H14FN5OS2. The molecule has 3 rings (SSSR count). The average Bonchev–Trinajstić information content (AvgIpc) is 3.18. The number of carbonyl (C=O) groups is 1. The summed E-state index contributed by atoms with van der Waals surface area (Å²) in [4.78, 5) is 13.1. The normalized spacial score (nSPS) is 12.1. The zero-order valence-electron chi connectivity index (χ0n) is 12.6. The number of nitrogens with two attached hydrogens (primary N) is 1. The minimum absolute atomic E-state index is 0.272. The van der Waals surface area contributed by atoms with Gasteiger partial charge in [0.05, 0.1) is 10.1 Å². The van der Waals surface area contributed by atoms with Gasteiger partial charge in [0.2, 0.25) is 11.1 Å².